The first kappa shape index (κ1) is 16.3. The molecule has 21 heavy (non-hydrogen) atoms. The van der Waals surface area contributed by atoms with Gasteiger partial charge in [-0.3, -0.25) is 0 Å². The van der Waals surface area contributed by atoms with Gasteiger partial charge in [-0.05, 0) is 30.9 Å². The standard InChI is InChI=1S/C16H23F2NO2/c1-11-4-3-7-16(21,8-11)10-19-9-14(20)15-12(17)5-2-6-13(15)18/h2,5-6,11,14,19-21H,3-4,7-10H2,1H3. The predicted molar refractivity (Wildman–Crippen MR) is 76.8 cm³/mol. The summed E-state index contributed by atoms with van der Waals surface area (Å²) in [6.07, 6.45) is 2.25. The minimum Gasteiger partial charge on any atom is -0.389 e. The second-order valence-electron chi connectivity index (χ2n) is 6.21. The van der Waals surface area contributed by atoms with Crippen LogP contribution in [0.5, 0.6) is 0 Å². The van der Waals surface area contributed by atoms with E-state index in [4.69, 9.17) is 0 Å². The summed E-state index contributed by atoms with van der Waals surface area (Å²) in [6.45, 7) is 2.44. The molecule has 1 aliphatic carbocycles. The van der Waals surface area contributed by atoms with Gasteiger partial charge >= 0.3 is 0 Å². The number of aliphatic hydroxyl groups excluding tert-OH is 1. The van der Waals surface area contributed by atoms with Crippen molar-refractivity contribution in [2.75, 3.05) is 13.1 Å². The van der Waals surface area contributed by atoms with Gasteiger partial charge in [0.1, 0.15) is 11.6 Å². The van der Waals surface area contributed by atoms with Gasteiger partial charge in [0.2, 0.25) is 0 Å². The third kappa shape index (κ3) is 4.22. The van der Waals surface area contributed by atoms with E-state index in [1.807, 2.05) is 0 Å². The molecule has 0 saturated heterocycles. The molecular weight excluding hydrogens is 276 g/mol. The lowest BCUT2D eigenvalue weighted by Gasteiger charge is -2.36. The second-order valence-corrected chi connectivity index (χ2v) is 6.21. The van der Waals surface area contributed by atoms with Crippen LogP contribution >= 0.6 is 0 Å². The van der Waals surface area contributed by atoms with Crippen LogP contribution in [-0.2, 0) is 0 Å². The molecule has 0 heterocycles. The quantitative estimate of drug-likeness (QED) is 0.783. The van der Waals surface area contributed by atoms with Gasteiger partial charge in [0.25, 0.3) is 0 Å². The Balaban J connectivity index is 1.88. The number of hydrogen-bond acceptors (Lipinski definition) is 3. The minimum absolute atomic E-state index is 0.00848. The third-order valence-corrected chi connectivity index (χ3v) is 4.19. The monoisotopic (exact) mass is 299 g/mol. The van der Waals surface area contributed by atoms with Crippen molar-refractivity contribution in [2.24, 2.45) is 5.92 Å². The largest absolute Gasteiger partial charge is 0.389 e. The first-order valence-electron chi connectivity index (χ1n) is 7.46. The van der Waals surface area contributed by atoms with E-state index in [0.717, 1.165) is 25.0 Å². The van der Waals surface area contributed by atoms with Crippen molar-refractivity contribution in [3.05, 3.63) is 35.4 Å². The van der Waals surface area contributed by atoms with Crippen LogP contribution in [0, 0.1) is 17.6 Å². The SMILES string of the molecule is CC1CCCC(O)(CNCC(O)c2c(F)cccc2F)C1. The highest BCUT2D eigenvalue weighted by molar-refractivity contribution is 5.22. The Bertz CT molecular complexity index is 463. The highest BCUT2D eigenvalue weighted by Crippen LogP contribution is 2.31. The maximum atomic E-state index is 13.5. The van der Waals surface area contributed by atoms with E-state index >= 15 is 0 Å². The van der Waals surface area contributed by atoms with E-state index in [-0.39, 0.29) is 12.1 Å². The first-order chi connectivity index (χ1) is 9.91. The summed E-state index contributed by atoms with van der Waals surface area (Å²) in [7, 11) is 0. The lowest BCUT2D eigenvalue weighted by molar-refractivity contribution is -0.0136. The molecule has 0 aliphatic heterocycles. The van der Waals surface area contributed by atoms with Crippen molar-refractivity contribution in [3.8, 4) is 0 Å². The Morgan fingerprint density at radius 2 is 2.05 bits per heavy atom. The Morgan fingerprint density at radius 3 is 2.67 bits per heavy atom. The summed E-state index contributed by atoms with van der Waals surface area (Å²) >= 11 is 0. The maximum absolute atomic E-state index is 13.5. The molecule has 3 atom stereocenters. The summed E-state index contributed by atoms with van der Waals surface area (Å²) in [5, 5.41) is 23.3. The summed E-state index contributed by atoms with van der Waals surface area (Å²) in [5.74, 6) is -1.04. The van der Waals surface area contributed by atoms with Crippen molar-refractivity contribution in [1.82, 2.24) is 5.32 Å². The van der Waals surface area contributed by atoms with E-state index < -0.39 is 23.3 Å². The van der Waals surface area contributed by atoms with Gasteiger partial charge in [-0.2, -0.15) is 0 Å². The molecular formula is C16H23F2NO2. The molecule has 1 aromatic rings. The highest BCUT2D eigenvalue weighted by Gasteiger charge is 2.32. The third-order valence-electron chi connectivity index (χ3n) is 4.19. The van der Waals surface area contributed by atoms with E-state index in [0.29, 0.717) is 25.3 Å². The number of halogens is 2. The Kier molecular flexibility index (Phi) is 5.30. The molecule has 1 aliphatic rings. The van der Waals surface area contributed by atoms with Crippen LogP contribution in [0.25, 0.3) is 0 Å². The topological polar surface area (TPSA) is 52.5 Å². The fraction of sp³-hybridized carbons (Fsp3) is 0.625. The zero-order chi connectivity index (χ0) is 15.5. The molecule has 5 heteroatoms. The number of benzene rings is 1. The second kappa shape index (κ2) is 6.81. The van der Waals surface area contributed by atoms with Gasteiger partial charge < -0.3 is 15.5 Å². The zero-order valence-corrected chi connectivity index (χ0v) is 12.3. The molecule has 0 amide bonds. The molecule has 1 aromatic carbocycles. The Labute approximate surface area is 124 Å². The van der Waals surface area contributed by atoms with Gasteiger partial charge in [0.15, 0.2) is 0 Å². The molecule has 0 bridgehead atoms. The molecule has 118 valence electrons. The lowest BCUT2D eigenvalue weighted by Crippen LogP contribution is -2.45. The fourth-order valence-electron chi connectivity index (χ4n) is 3.17. The van der Waals surface area contributed by atoms with Crippen LogP contribution in [0.1, 0.15) is 44.3 Å². The number of rotatable bonds is 5. The summed E-state index contributed by atoms with van der Waals surface area (Å²) < 4.78 is 27.1. The molecule has 0 radical (unpaired) electrons. The van der Waals surface area contributed by atoms with Crippen LogP contribution < -0.4 is 5.32 Å². The van der Waals surface area contributed by atoms with Crippen LogP contribution in [-0.4, -0.2) is 28.9 Å². The van der Waals surface area contributed by atoms with E-state index in [1.165, 1.54) is 6.07 Å². The highest BCUT2D eigenvalue weighted by atomic mass is 19.1. The van der Waals surface area contributed by atoms with Crippen molar-refractivity contribution in [2.45, 2.75) is 44.3 Å². The molecule has 0 spiro atoms. The van der Waals surface area contributed by atoms with E-state index in [9.17, 15) is 19.0 Å². The molecule has 0 aromatic heterocycles. The van der Waals surface area contributed by atoms with Crippen LogP contribution in [0.15, 0.2) is 18.2 Å². The van der Waals surface area contributed by atoms with E-state index in [1.54, 1.807) is 0 Å². The van der Waals surface area contributed by atoms with Crippen LogP contribution in [0.3, 0.4) is 0 Å². The molecule has 2 rings (SSSR count). The van der Waals surface area contributed by atoms with Crippen molar-refractivity contribution < 1.29 is 19.0 Å². The van der Waals surface area contributed by atoms with E-state index in [2.05, 4.69) is 12.2 Å². The summed E-state index contributed by atoms with van der Waals surface area (Å²) in [4.78, 5) is 0. The van der Waals surface area contributed by atoms with Gasteiger partial charge in [0.05, 0.1) is 17.3 Å². The van der Waals surface area contributed by atoms with Gasteiger partial charge in [0, 0.05) is 13.1 Å². The van der Waals surface area contributed by atoms with Crippen molar-refractivity contribution >= 4 is 0 Å². The van der Waals surface area contributed by atoms with Crippen molar-refractivity contribution in [3.63, 3.8) is 0 Å². The molecule has 1 saturated carbocycles. The maximum Gasteiger partial charge on any atom is 0.131 e. The normalized spacial score (nSPS) is 27.6. The van der Waals surface area contributed by atoms with Gasteiger partial charge in [-0.1, -0.05) is 25.8 Å². The summed E-state index contributed by atoms with van der Waals surface area (Å²) in [5.41, 5.74) is -1.11. The van der Waals surface area contributed by atoms with Gasteiger partial charge in [-0.25, -0.2) is 8.78 Å². The predicted octanol–water partition coefficient (Wildman–Crippen LogP) is 2.53. The fourth-order valence-corrected chi connectivity index (χ4v) is 3.17. The molecule has 1 fully saturated rings. The average Bonchev–Trinajstić information content (AvgIpc) is 2.37. The lowest BCUT2D eigenvalue weighted by atomic mass is 9.79. The summed E-state index contributed by atoms with van der Waals surface area (Å²) in [6, 6.07) is 3.51. The molecule has 3 unspecified atom stereocenters. The van der Waals surface area contributed by atoms with Crippen LogP contribution in [0.4, 0.5) is 8.78 Å². The van der Waals surface area contributed by atoms with Gasteiger partial charge in [-0.15, -0.1) is 0 Å². The van der Waals surface area contributed by atoms with Crippen LogP contribution in [0.2, 0.25) is 0 Å². The Morgan fingerprint density at radius 1 is 1.38 bits per heavy atom. The average molecular weight is 299 g/mol. The number of nitrogens with one attached hydrogen (secondary N) is 1. The smallest absolute Gasteiger partial charge is 0.131 e. The zero-order valence-electron chi connectivity index (χ0n) is 12.3. The number of aliphatic hydroxyl groups is 2. The molecule has 3 N–H and O–H groups in total. The minimum atomic E-state index is -1.27. The molecule has 3 nitrogen and oxygen atoms in total. The van der Waals surface area contributed by atoms with Crippen molar-refractivity contribution in [1.29, 1.82) is 0 Å². The Hall–Kier alpha value is -1.04. The number of hydrogen-bond donors (Lipinski definition) is 3. The first-order valence-corrected chi connectivity index (χ1v) is 7.46.